The molecular weight excluding hydrogens is 369 g/mol. The maximum Gasteiger partial charge on any atom is 0.632 e. The van der Waals surface area contributed by atoms with Gasteiger partial charge in [-0.05, 0) is 41.6 Å². The van der Waals surface area contributed by atoms with E-state index in [1.807, 2.05) is 35.2 Å². The summed E-state index contributed by atoms with van der Waals surface area (Å²) in [6, 6.07) is 9.49. The number of fused-ring (bicyclic) bond motifs is 2. The second-order valence-electron chi connectivity index (χ2n) is 9.71. The van der Waals surface area contributed by atoms with Crippen LogP contribution in [0, 0.1) is 23.2 Å². The number of rotatable bonds is 3. The van der Waals surface area contributed by atoms with Gasteiger partial charge in [-0.25, -0.2) is 0 Å². The maximum atomic E-state index is 12.6. The number of carbonyl (C=O) groups is 2. The lowest BCUT2D eigenvalue weighted by Gasteiger charge is -2.63. The Balaban J connectivity index is 1.25. The molecule has 2 bridgehead atoms. The van der Waals surface area contributed by atoms with Crippen LogP contribution in [0.1, 0.15) is 45.3 Å². The third kappa shape index (κ3) is 3.28. The Morgan fingerprint density at radius 2 is 1.69 bits per heavy atom. The summed E-state index contributed by atoms with van der Waals surface area (Å²) >= 11 is 0. The smallest absolute Gasteiger partial charge is 0.496 e. The van der Waals surface area contributed by atoms with Gasteiger partial charge in [0.05, 0.1) is 13.1 Å². The molecule has 3 aliphatic carbocycles. The van der Waals surface area contributed by atoms with Crippen molar-refractivity contribution >= 4 is 19.1 Å². The number of ether oxygens (including phenoxy) is 1. The second-order valence-corrected chi connectivity index (χ2v) is 9.71. The third-order valence-electron chi connectivity index (χ3n) is 7.86. The summed E-state index contributed by atoms with van der Waals surface area (Å²) in [5.41, 5.74) is 1.35. The van der Waals surface area contributed by atoms with E-state index < -0.39 is 13.1 Å². The van der Waals surface area contributed by atoms with Crippen molar-refractivity contribution in [3.63, 3.8) is 0 Å². The summed E-state index contributed by atoms with van der Waals surface area (Å²) < 4.78 is 16.7. The Kier molecular flexibility index (Phi) is 4.51. The number of nitrogens with zero attached hydrogens (tertiary/aromatic N) is 1. The van der Waals surface area contributed by atoms with Crippen LogP contribution in [0.3, 0.4) is 0 Å². The molecule has 0 unspecified atom stereocenters. The van der Waals surface area contributed by atoms with Crippen LogP contribution in [0.4, 0.5) is 0 Å². The normalized spacial score (nSPS) is 38.9. The topological polar surface area (TPSA) is 68.4 Å². The van der Waals surface area contributed by atoms with Gasteiger partial charge in [0.15, 0.2) is 6.00 Å². The number of hydrogen-bond donors (Lipinski definition) is 0. The third-order valence-corrected chi connectivity index (χ3v) is 7.86. The highest BCUT2D eigenvalue weighted by Crippen LogP contribution is 2.62. The van der Waals surface area contributed by atoms with Crippen LogP contribution in [-0.4, -0.2) is 49.1 Å². The fraction of sp³-hybridized carbons (Fsp3) is 0.636. The lowest BCUT2D eigenvalue weighted by molar-refractivity contribution is -0.160. The monoisotopic (exact) mass is 397 g/mol. The van der Waals surface area contributed by atoms with E-state index >= 15 is 0 Å². The minimum absolute atomic E-state index is 0.128. The van der Waals surface area contributed by atoms with E-state index in [-0.39, 0.29) is 37.2 Å². The van der Waals surface area contributed by atoms with Gasteiger partial charge in [-0.1, -0.05) is 51.1 Å². The van der Waals surface area contributed by atoms with Crippen molar-refractivity contribution in [1.29, 1.82) is 0 Å². The van der Waals surface area contributed by atoms with E-state index in [4.69, 9.17) is 14.0 Å². The molecule has 6 nitrogen and oxygen atoms in total. The summed E-state index contributed by atoms with van der Waals surface area (Å²) in [5, 5.41) is 0. The number of benzene rings is 1. The highest BCUT2D eigenvalue weighted by molar-refractivity contribution is 6.51. The molecular formula is C22H28BNO5. The molecule has 6 rings (SSSR count). The van der Waals surface area contributed by atoms with Gasteiger partial charge in [0, 0.05) is 6.04 Å². The summed E-state index contributed by atoms with van der Waals surface area (Å²) in [7, 11) is -0.974. The Morgan fingerprint density at radius 1 is 1.03 bits per heavy atom. The van der Waals surface area contributed by atoms with Crippen LogP contribution >= 0.6 is 0 Å². The first-order valence-electron chi connectivity index (χ1n) is 10.7. The lowest BCUT2D eigenvalue weighted by atomic mass is 9.44. The molecule has 7 heteroatoms. The molecule has 2 aliphatic heterocycles. The van der Waals surface area contributed by atoms with Crippen molar-refractivity contribution < 1.29 is 23.6 Å². The van der Waals surface area contributed by atoms with Gasteiger partial charge in [0.25, 0.3) is 0 Å². The second kappa shape index (κ2) is 6.84. The van der Waals surface area contributed by atoms with Crippen molar-refractivity contribution in [2.75, 3.05) is 13.1 Å². The molecule has 2 saturated heterocycles. The molecule has 6 atom stereocenters. The number of epoxide rings is 1. The van der Waals surface area contributed by atoms with Crippen LogP contribution in [0.25, 0.3) is 0 Å². The van der Waals surface area contributed by atoms with Crippen molar-refractivity contribution in [3.05, 3.63) is 35.9 Å². The van der Waals surface area contributed by atoms with Gasteiger partial charge in [-0.3, -0.25) is 14.5 Å². The molecule has 0 radical (unpaired) electrons. The standard InChI is InChI=1S/C22H28BNO5/c1-13-16-9-15(22(16,2)3)10-17(13)24-11-18(25)28-23(29-19(26)12-24)21-20(27-21)14-7-5-4-6-8-14/h4-8,13,15-17,20-21H,9-12H2,1-3H3/t13-,15+,16-,17-,20-,21+/m1/s1. The van der Waals surface area contributed by atoms with Crippen LogP contribution in [0.5, 0.6) is 0 Å². The zero-order valence-electron chi connectivity index (χ0n) is 17.2. The van der Waals surface area contributed by atoms with E-state index in [0.29, 0.717) is 23.2 Å². The van der Waals surface area contributed by atoms with E-state index in [0.717, 1.165) is 12.0 Å². The van der Waals surface area contributed by atoms with Gasteiger partial charge in [0.1, 0.15) is 6.10 Å². The number of hydrogen-bond acceptors (Lipinski definition) is 6. The highest BCUT2D eigenvalue weighted by atomic mass is 16.7. The van der Waals surface area contributed by atoms with Gasteiger partial charge in [-0.2, -0.15) is 0 Å². The molecule has 0 aromatic heterocycles. The molecule has 29 heavy (non-hydrogen) atoms. The average Bonchev–Trinajstić information content (AvgIpc) is 3.47. The van der Waals surface area contributed by atoms with Crippen LogP contribution in [0.15, 0.2) is 30.3 Å². The molecule has 3 saturated carbocycles. The summed E-state index contributed by atoms with van der Waals surface area (Å²) in [6.45, 7) is 7.20. The first kappa shape index (κ1) is 19.1. The highest BCUT2D eigenvalue weighted by Gasteiger charge is 2.59. The Labute approximate surface area is 172 Å². The van der Waals surface area contributed by atoms with E-state index in [9.17, 15) is 9.59 Å². The van der Waals surface area contributed by atoms with Gasteiger partial charge < -0.3 is 14.0 Å². The Bertz CT molecular complexity index is 795. The molecule has 0 N–H and O–H groups in total. The predicted octanol–water partition coefficient (Wildman–Crippen LogP) is 2.63. The molecule has 2 heterocycles. The van der Waals surface area contributed by atoms with E-state index in [2.05, 4.69) is 20.8 Å². The Hall–Kier alpha value is -1.86. The maximum absolute atomic E-state index is 12.6. The molecule has 0 amide bonds. The molecule has 5 aliphatic rings. The van der Waals surface area contributed by atoms with Crippen LogP contribution in [0.2, 0.25) is 0 Å². The number of carbonyl (C=O) groups excluding carboxylic acids is 2. The predicted molar refractivity (Wildman–Crippen MR) is 107 cm³/mol. The van der Waals surface area contributed by atoms with Crippen molar-refractivity contribution in [3.8, 4) is 0 Å². The van der Waals surface area contributed by atoms with Crippen LogP contribution in [-0.2, 0) is 23.6 Å². The zero-order valence-corrected chi connectivity index (χ0v) is 17.2. The van der Waals surface area contributed by atoms with Gasteiger partial charge >= 0.3 is 19.1 Å². The minimum atomic E-state index is -0.974. The van der Waals surface area contributed by atoms with Gasteiger partial charge in [0.2, 0.25) is 0 Å². The largest absolute Gasteiger partial charge is 0.632 e. The quantitative estimate of drug-likeness (QED) is 0.577. The van der Waals surface area contributed by atoms with Crippen molar-refractivity contribution in [2.24, 2.45) is 23.2 Å². The van der Waals surface area contributed by atoms with Crippen molar-refractivity contribution in [2.45, 2.75) is 51.8 Å². The fourth-order valence-corrected chi connectivity index (χ4v) is 5.96. The summed E-state index contributed by atoms with van der Waals surface area (Å²) in [6.07, 6.45) is 2.08. The van der Waals surface area contributed by atoms with E-state index in [1.165, 1.54) is 6.42 Å². The minimum Gasteiger partial charge on any atom is -0.496 e. The first-order valence-corrected chi connectivity index (χ1v) is 10.7. The van der Waals surface area contributed by atoms with Crippen molar-refractivity contribution in [1.82, 2.24) is 4.90 Å². The lowest BCUT2D eigenvalue weighted by Crippen LogP contribution is -2.62. The first-order chi connectivity index (χ1) is 13.8. The summed E-state index contributed by atoms with van der Waals surface area (Å²) in [4.78, 5) is 27.2. The van der Waals surface area contributed by atoms with E-state index in [1.54, 1.807) is 0 Å². The average molecular weight is 397 g/mol. The van der Waals surface area contributed by atoms with Gasteiger partial charge in [-0.15, -0.1) is 0 Å². The summed E-state index contributed by atoms with van der Waals surface area (Å²) in [5.74, 6) is 1.04. The zero-order chi connectivity index (χ0) is 20.3. The molecule has 1 aromatic rings. The molecule has 1 aromatic carbocycles. The molecule has 5 fully saturated rings. The Morgan fingerprint density at radius 3 is 2.28 bits per heavy atom. The molecule has 0 spiro atoms. The fourth-order valence-electron chi connectivity index (χ4n) is 5.96. The SMILES string of the molecule is C[C@H]1[C@H](N2CC(=O)OB([C@H]3O[C@@H]3c3ccccc3)OC(=O)C2)C[C@@H]2C[C@H]1C2(C)C. The molecule has 154 valence electrons. The van der Waals surface area contributed by atoms with Crippen LogP contribution < -0.4 is 0 Å².